The first-order chi connectivity index (χ1) is 5.27. The fourth-order valence-electron chi connectivity index (χ4n) is 0.822. The van der Waals surface area contributed by atoms with Crippen LogP contribution in [-0.2, 0) is 6.61 Å². The minimum absolute atomic E-state index is 0.0677. The second-order valence-corrected chi connectivity index (χ2v) is 2.19. The molecule has 0 spiro atoms. The van der Waals surface area contributed by atoms with E-state index in [9.17, 15) is 0 Å². The van der Waals surface area contributed by atoms with Gasteiger partial charge in [-0.25, -0.2) is 0 Å². The van der Waals surface area contributed by atoms with E-state index in [-0.39, 0.29) is 12.4 Å². The van der Waals surface area contributed by atoms with Crippen molar-refractivity contribution in [2.45, 2.75) is 6.61 Å². The lowest BCUT2D eigenvalue weighted by Crippen LogP contribution is -1.87. The van der Waals surface area contributed by atoms with Gasteiger partial charge in [-0.15, -0.1) is 0 Å². The van der Waals surface area contributed by atoms with Crippen LogP contribution in [0.25, 0.3) is 0 Å². The fourth-order valence-corrected chi connectivity index (χ4v) is 0.822. The molecule has 3 N–H and O–H groups in total. The molecule has 0 amide bonds. The summed E-state index contributed by atoms with van der Waals surface area (Å²) in [5, 5.41) is 24.7. The fraction of sp³-hybridized carbons (Fsp3) is 0.125. The van der Waals surface area contributed by atoms with Crippen molar-refractivity contribution in [1.29, 1.82) is 5.41 Å². The summed E-state index contributed by atoms with van der Waals surface area (Å²) in [6, 6.07) is 4.65. The average molecular weight is 151 g/mol. The number of rotatable bonds is 2. The molecule has 11 heavy (non-hydrogen) atoms. The third-order valence-electron chi connectivity index (χ3n) is 1.44. The Labute approximate surface area is 64.4 Å². The molecule has 3 heteroatoms. The molecule has 0 unspecified atom stereocenters. The van der Waals surface area contributed by atoms with Gasteiger partial charge < -0.3 is 15.6 Å². The number of nitrogens with one attached hydrogen (secondary N) is 1. The Kier molecular flexibility index (Phi) is 2.23. The van der Waals surface area contributed by atoms with Gasteiger partial charge in [-0.3, -0.25) is 0 Å². The molecule has 0 bridgehead atoms. The molecule has 0 heterocycles. The van der Waals surface area contributed by atoms with Crippen LogP contribution in [0.1, 0.15) is 11.1 Å². The molecule has 0 aliphatic heterocycles. The molecule has 58 valence electrons. The molecule has 1 rings (SSSR count). The normalized spacial score (nSPS) is 9.55. The Morgan fingerprint density at radius 3 is 2.73 bits per heavy atom. The van der Waals surface area contributed by atoms with Crippen LogP contribution < -0.4 is 0 Å². The van der Waals surface area contributed by atoms with Gasteiger partial charge in [0.15, 0.2) is 0 Å². The molecule has 3 nitrogen and oxygen atoms in total. The van der Waals surface area contributed by atoms with Crippen LogP contribution in [0.5, 0.6) is 5.75 Å². The molecule has 0 saturated heterocycles. The van der Waals surface area contributed by atoms with Crippen molar-refractivity contribution in [3.63, 3.8) is 0 Å². The maximum absolute atomic E-state index is 9.10. The summed E-state index contributed by atoms with van der Waals surface area (Å²) in [4.78, 5) is 0. The number of aromatic hydroxyl groups is 1. The zero-order chi connectivity index (χ0) is 8.27. The second kappa shape index (κ2) is 3.16. The maximum Gasteiger partial charge on any atom is 0.121 e. The minimum atomic E-state index is -0.201. The first kappa shape index (κ1) is 7.75. The molecular weight excluding hydrogens is 142 g/mol. The molecule has 0 radical (unpaired) electrons. The molecular formula is C8H9NO2. The Morgan fingerprint density at radius 2 is 2.18 bits per heavy atom. The van der Waals surface area contributed by atoms with Gasteiger partial charge in [0.25, 0.3) is 0 Å². The van der Waals surface area contributed by atoms with E-state index in [4.69, 9.17) is 15.6 Å². The molecule has 0 aromatic heterocycles. The standard InChI is InChI=1S/C8H9NO2/c9-4-6-1-2-8(11)7(3-6)5-10/h1-4,9-11H,5H2. The summed E-state index contributed by atoms with van der Waals surface area (Å²) in [6.45, 7) is -0.201. The highest BCUT2D eigenvalue weighted by Gasteiger charge is 1.98. The summed E-state index contributed by atoms with van der Waals surface area (Å²) in [5.41, 5.74) is 1.12. The summed E-state index contributed by atoms with van der Waals surface area (Å²) in [6.07, 6.45) is 1.17. The maximum atomic E-state index is 9.10. The number of phenols is 1. The van der Waals surface area contributed by atoms with E-state index in [1.54, 1.807) is 12.1 Å². The monoisotopic (exact) mass is 151 g/mol. The van der Waals surface area contributed by atoms with E-state index in [0.29, 0.717) is 11.1 Å². The number of aliphatic hydroxyl groups is 1. The van der Waals surface area contributed by atoms with E-state index in [2.05, 4.69) is 0 Å². The summed E-state index contributed by atoms with van der Waals surface area (Å²) < 4.78 is 0. The molecule has 0 saturated carbocycles. The lowest BCUT2D eigenvalue weighted by Gasteiger charge is -2.00. The predicted octanol–water partition coefficient (Wildman–Crippen LogP) is 0.882. The van der Waals surface area contributed by atoms with Crippen molar-refractivity contribution in [3.05, 3.63) is 29.3 Å². The highest BCUT2D eigenvalue weighted by Crippen LogP contribution is 2.16. The number of hydrogen-bond donors (Lipinski definition) is 3. The van der Waals surface area contributed by atoms with Crippen LogP contribution in [0.4, 0.5) is 0 Å². The molecule has 1 aromatic rings. The quantitative estimate of drug-likeness (QED) is 0.549. The molecule has 0 aliphatic carbocycles. The largest absolute Gasteiger partial charge is 0.508 e. The summed E-state index contributed by atoms with van der Waals surface area (Å²) in [7, 11) is 0. The second-order valence-electron chi connectivity index (χ2n) is 2.19. The van der Waals surface area contributed by atoms with E-state index in [0.717, 1.165) is 0 Å². The number of aliphatic hydroxyl groups excluding tert-OH is 1. The average Bonchev–Trinajstić information content (AvgIpc) is 2.05. The van der Waals surface area contributed by atoms with Crippen LogP contribution in [0.15, 0.2) is 18.2 Å². The first-order valence-corrected chi connectivity index (χ1v) is 3.21. The lowest BCUT2D eigenvalue weighted by molar-refractivity contribution is 0.275. The zero-order valence-corrected chi connectivity index (χ0v) is 5.91. The summed E-state index contributed by atoms with van der Waals surface area (Å²) >= 11 is 0. The SMILES string of the molecule is N=Cc1ccc(O)c(CO)c1. The van der Waals surface area contributed by atoms with Crippen molar-refractivity contribution in [2.75, 3.05) is 0 Å². The first-order valence-electron chi connectivity index (χ1n) is 3.21. The minimum Gasteiger partial charge on any atom is -0.508 e. The Bertz CT molecular complexity index is 271. The molecule has 1 aromatic carbocycles. The van der Waals surface area contributed by atoms with Crippen molar-refractivity contribution >= 4 is 6.21 Å². The smallest absolute Gasteiger partial charge is 0.121 e. The Hall–Kier alpha value is -1.35. The van der Waals surface area contributed by atoms with Crippen LogP contribution >= 0.6 is 0 Å². The van der Waals surface area contributed by atoms with Gasteiger partial charge in [0.1, 0.15) is 5.75 Å². The molecule has 0 fully saturated rings. The van der Waals surface area contributed by atoms with Gasteiger partial charge in [-0.1, -0.05) is 0 Å². The highest BCUT2D eigenvalue weighted by atomic mass is 16.3. The van der Waals surface area contributed by atoms with Crippen LogP contribution in [0.2, 0.25) is 0 Å². The highest BCUT2D eigenvalue weighted by molar-refractivity contribution is 5.77. The van der Waals surface area contributed by atoms with Crippen LogP contribution in [0, 0.1) is 5.41 Å². The van der Waals surface area contributed by atoms with Crippen LogP contribution in [-0.4, -0.2) is 16.4 Å². The van der Waals surface area contributed by atoms with E-state index in [1.807, 2.05) is 0 Å². The topological polar surface area (TPSA) is 64.3 Å². The molecule has 0 atom stereocenters. The molecule has 0 aliphatic rings. The predicted molar refractivity (Wildman–Crippen MR) is 41.9 cm³/mol. The third-order valence-corrected chi connectivity index (χ3v) is 1.44. The van der Waals surface area contributed by atoms with Gasteiger partial charge in [0.2, 0.25) is 0 Å². The van der Waals surface area contributed by atoms with Crippen molar-refractivity contribution in [2.24, 2.45) is 0 Å². The van der Waals surface area contributed by atoms with E-state index in [1.165, 1.54) is 12.3 Å². The van der Waals surface area contributed by atoms with Crippen molar-refractivity contribution in [3.8, 4) is 5.75 Å². The van der Waals surface area contributed by atoms with Gasteiger partial charge in [-0.2, -0.15) is 0 Å². The summed E-state index contributed by atoms with van der Waals surface area (Å²) in [5.74, 6) is 0.0677. The van der Waals surface area contributed by atoms with Gasteiger partial charge in [0, 0.05) is 11.8 Å². The van der Waals surface area contributed by atoms with E-state index < -0.39 is 0 Å². The Balaban J connectivity index is 3.12. The van der Waals surface area contributed by atoms with Gasteiger partial charge >= 0.3 is 0 Å². The van der Waals surface area contributed by atoms with E-state index >= 15 is 0 Å². The Morgan fingerprint density at radius 1 is 1.45 bits per heavy atom. The zero-order valence-electron chi connectivity index (χ0n) is 5.91. The number of hydrogen-bond acceptors (Lipinski definition) is 3. The number of benzene rings is 1. The van der Waals surface area contributed by atoms with Crippen molar-refractivity contribution < 1.29 is 10.2 Å². The van der Waals surface area contributed by atoms with Gasteiger partial charge in [-0.05, 0) is 23.8 Å². The lowest BCUT2D eigenvalue weighted by atomic mass is 10.1. The van der Waals surface area contributed by atoms with Gasteiger partial charge in [0.05, 0.1) is 6.61 Å². The van der Waals surface area contributed by atoms with Crippen LogP contribution in [0.3, 0.4) is 0 Å². The van der Waals surface area contributed by atoms with Crippen molar-refractivity contribution in [1.82, 2.24) is 0 Å². The third kappa shape index (κ3) is 1.56.